The summed E-state index contributed by atoms with van der Waals surface area (Å²) in [7, 11) is 0. The summed E-state index contributed by atoms with van der Waals surface area (Å²) >= 11 is 0. The standard InChI is InChI=1S/C22H34N4O4/c1-14(2)19(25-20(28)15(3)23)22(30)26-11-7-10-18(26)21(29)24-17(13-27)12-16-8-5-4-6-9-16/h4-6,8-9,14-15,17-19,27H,7,10-13,23H2,1-3H3,(H,24,29)(H,25,28)/t15-,17-,18-,19-/m0/s1. The number of aliphatic hydroxyl groups excluding tert-OH is 1. The lowest BCUT2D eigenvalue weighted by atomic mass is 10.0. The Bertz CT molecular complexity index is 723. The van der Waals surface area contributed by atoms with E-state index in [1.807, 2.05) is 44.2 Å². The van der Waals surface area contributed by atoms with E-state index in [9.17, 15) is 19.5 Å². The summed E-state index contributed by atoms with van der Waals surface area (Å²) in [6.45, 7) is 5.51. The Morgan fingerprint density at radius 1 is 1.17 bits per heavy atom. The van der Waals surface area contributed by atoms with Crippen LogP contribution in [0, 0.1) is 5.92 Å². The van der Waals surface area contributed by atoms with Crippen LogP contribution < -0.4 is 16.4 Å². The van der Waals surface area contributed by atoms with Crippen molar-refractivity contribution in [3.63, 3.8) is 0 Å². The number of nitrogens with two attached hydrogens (primary N) is 1. The van der Waals surface area contributed by atoms with Gasteiger partial charge in [0.25, 0.3) is 0 Å². The first-order valence-electron chi connectivity index (χ1n) is 10.6. The van der Waals surface area contributed by atoms with Gasteiger partial charge in [0.15, 0.2) is 0 Å². The van der Waals surface area contributed by atoms with Gasteiger partial charge >= 0.3 is 0 Å². The van der Waals surface area contributed by atoms with Crippen LogP contribution in [0.3, 0.4) is 0 Å². The van der Waals surface area contributed by atoms with Crippen molar-refractivity contribution in [3.05, 3.63) is 35.9 Å². The number of hydrogen-bond donors (Lipinski definition) is 4. The van der Waals surface area contributed by atoms with E-state index in [1.54, 1.807) is 11.8 Å². The van der Waals surface area contributed by atoms with E-state index in [0.717, 1.165) is 5.56 Å². The maximum absolute atomic E-state index is 13.1. The monoisotopic (exact) mass is 418 g/mol. The lowest BCUT2D eigenvalue weighted by Crippen LogP contribution is -2.57. The van der Waals surface area contributed by atoms with Gasteiger partial charge in [-0.15, -0.1) is 0 Å². The van der Waals surface area contributed by atoms with Crippen LogP contribution in [0.4, 0.5) is 0 Å². The summed E-state index contributed by atoms with van der Waals surface area (Å²) < 4.78 is 0. The number of nitrogens with one attached hydrogen (secondary N) is 2. The van der Waals surface area contributed by atoms with Crippen LogP contribution in [0.5, 0.6) is 0 Å². The molecule has 2 rings (SSSR count). The number of carbonyl (C=O) groups excluding carboxylic acids is 3. The van der Waals surface area contributed by atoms with Crippen LogP contribution in [-0.2, 0) is 20.8 Å². The minimum atomic E-state index is -0.741. The Labute approximate surface area is 178 Å². The summed E-state index contributed by atoms with van der Waals surface area (Å²) in [5.41, 5.74) is 6.63. The highest BCUT2D eigenvalue weighted by Gasteiger charge is 2.39. The van der Waals surface area contributed by atoms with E-state index >= 15 is 0 Å². The molecule has 1 heterocycles. The largest absolute Gasteiger partial charge is 0.394 e. The van der Waals surface area contributed by atoms with E-state index in [0.29, 0.717) is 25.8 Å². The number of hydrogen-bond acceptors (Lipinski definition) is 5. The molecule has 8 nitrogen and oxygen atoms in total. The second-order valence-corrected chi connectivity index (χ2v) is 8.29. The lowest BCUT2D eigenvalue weighted by Gasteiger charge is -2.31. The van der Waals surface area contributed by atoms with Crippen LogP contribution in [0.25, 0.3) is 0 Å². The molecule has 0 saturated carbocycles. The Morgan fingerprint density at radius 3 is 2.40 bits per heavy atom. The van der Waals surface area contributed by atoms with E-state index in [-0.39, 0.29) is 24.3 Å². The lowest BCUT2D eigenvalue weighted by molar-refractivity contribution is -0.142. The molecule has 0 bridgehead atoms. The smallest absolute Gasteiger partial charge is 0.246 e. The molecule has 1 aromatic carbocycles. The van der Waals surface area contributed by atoms with Gasteiger partial charge in [0.2, 0.25) is 17.7 Å². The third-order valence-electron chi connectivity index (χ3n) is 5.37. The molecule has 4 atom stereocenters. The number of aliphatic hydroxyl groups is 1. The molecule has 0 aromatic heterocycles. The molecule has 3 amide bonds. The van der Waals surface area contributed by atoms with E-state index in [4.69, 9.17) is 5.73 Å². The van der Waals surface area contributed by atoms with Crippen LogP contribution >= 0.6 is 0 Å². The maximum atomic E-state index is 13.1. The fourth-order valence-corrected chi connectivity index (χ4v) is 3.64. The minimum absolute atomic E-state index is 0.146. The van der Waals surface area contributed by atoms with Crippen molar-refractivity contribution in [2.75, 3.05) is 13.2 Å². The SMILES string of the molecule is CC(C)[C@H](NC(=O)[C@H](C)N)C(=O)N1CCC[C@H]1C(=O)N[C@H](CO)Cc1ccccc1. The summed E-state index contributed by atoms with van der Waals surface area (Å²) in [6.07, 6.45) is 1.76. The highest BCUT2D eigenvalue weighted by Crippen LogP contribution is 2.21. The van der Waals surface area contributed by atoms with Gasteiger partial charge in [-0.2, -0.15) is 0 Å². The summed E-state index contributed by atoms with van der Waals surface area (Å²) in [6, 6.07) is 7.09. The average Bonchev–Trinajstić information content (AvgIpc) is 3.21. The van der Waals surface area contributed by atoms with Gasteiger partial charge < -0.3 is 26.4 Å². The Hall–Kier alpha value is -2.45. The van der Waals surface area contributed by atoms with E-state index in [1.165, 1.54) is 0 Å². The highest BCUT2D eigenvalue weighted by atomic mass is 16.3. The van der Waals surface area contributed by atoms with Crippen molar-refractivity contribution in [2.45, 2.75) is 64.2 Å². The maximum Gasteiger partial charge on any atom is 0.246 e. The van der Waals surface area contributed by atoms with Gasteiger partial charge in [-0.1, -0.05) is 44.2 Å². The predicted molar refractivity (Wildman–Crippen MR) is 114 cm³/mol. The third kappa shape index (κ3) is 6.27. The van der Waals surface area contributed by atoms with Crippen molar-refractivity contribution >= 4 is 17.7 Å². The zero-order valence-corrected chi connectivity index (χ0v) is 18.0. The molecule has 0 aliphatic carbocycles. The van der Waals surface area contributed by atoms with Gasteiger partial charge in [0.05, 0.1) is 18.7 Å². The van der Waals surface area contributed by atoms with Crippen LogP contribution in [-0.4, -0.2) is 65.0 Å². The number of carbonyl (C=O) groups is 3. The molecule has 30 heavy (non-hydrogen) atoms. The normalized spacial score (nSPS) is 19.3. The topological polar surface area (TPSA) is 125 Å². The predicted octanol–water partition coefficient (Wildman–Crippen LogP) is 0.185. The molecule has 5 N–H and O–H groups in total. The molecule has 0 unspecified atom stereocenters. The quantitative estimate of drug-likeness (QED) is 0.456. The van der Waals surface area contributed by atoms with Crippen LogP contribution in [0.2, 0.25) is 0 Å². The van der Waals surface area contributed by atoms with Crippen molar-refractivity contribution < 1.29 is 19.5 Å². The highest BCUT2D eigenvalue weighted by molar-refractivity contribution is 5.93. The second kappa shape index (κ2) is 11.1. The summed E-state index contributed by atoms with van der Waals surface area (Å²) in [5.74, 6) is -1.10. The number of benzene rings is 1. The van der Waals surface area contributed by atoms with Crippen molar-refractivity contribution in [1.29, 1.82) is 0 Å². The van der Waals surface area contributed by atoms with Crippen molar-refractivity contribution in [1.82, 2.24) is 15.5 Å². The first kappa shape index (κ1) is 23.8. The molecule has 0 spiro atoms. The molecule has 1 aliphatic heterocycles. The fraction of sp³-hybridized carbons (Fsp3) is 0.591. The van der Waals surface area contributed by atoms with Crippen molar-refractivity contribution in [2.24, 2.45) is 11.7 Å². The van der Waals surface area contributed by atoms with Gasteiger partial charge in [0.1, 0.15) is 12.1 Å². The molecule has 1 saturated heterocycles. The Morgan fingerprint density at radius 2 is 1.83 bits per heavy atom. The summed E-state index contributed by atoms with van der Waals surface area (Å²) in [4.78, 5) is 39.6. The zero-order valence-electron chi connectivity index (χ0n) is 18.0. The summed E-state index contributed by atoms with van der Waals surface area (Å²) in [5, 5.41) is 15.3. The van der Waals surface area contributed by atoms with Gasteiger partial charge in [-0.05, 0) is 37.7 Å². The Kier molecular flexibility index (Phi) is 8.80. The Balaban J connectivity index is 2.05. The number of rotatable bonds is 9. The molecule has 166 valence electrons. The van der Waals surface area contributed by atoms with E-state index in [2.05, 4.69) is 10.6 Å². The van der Waals surface area contributed by atoms with Crippen molar-refractivity contribution in [3.8, 4) is 0 Å². The minimum Gasteiger partial charge on any atom is -0.394 e. The fourth-order valence-electron chi connectivity index (χ4n) is 3.64. The molecular formula is C22H34N4O4. The first-order valence-corrected chi connectivity index (χ1v) is 10.6. The second-order valence-electron chi connectivity index (χ2n) is 8.29. The average molecular weight is 419 g/mol. The zero-order chi connectivity index (χ0) is 22.3. The number of amides is 3. The molecule has 0 radical (unpaired) electrons. The molecular weight excluding hydrogens is 384 g/mol. The molecule has 1 aromatic rings. The van der Waals surface area contributed by atoms with Gasteiger partial charge in [0, 0.05) is 6.54 Å². The van der Waals surface area contributed by atoms with Crippen LogP contribution in [0.1, 0.15) is 39.2 Å². The van der Waals surface area contributed by atoms with Gasteiger partial charge in [-0.3, -0.25) is 14.4 Å². The molecule has 1 aliphatic rings. The van der Waals surface area contributed by atoms with E-state index < -0.39 is 30.1 Å². The third-order valence-corrected chi connectivity index (χ3v) is 5.37. The molecule has 8 heteroatoms. The van der Waals surface area contributed by atoms with Crippen LogP contribution in [0.15, 0.2) is 30.3 Å². The number of likely N-dealkylation sites (tertiary alicyclic amines) is 1. The first-order chi connectivity index (χ1) is 14.2. The molecule has 1 fully saturated rings. The number of nitrogens with zero attached hydrogens (tertiary/aromatic N) is 1. The van der Waals surface area contributed by atoms with Gasteiger partial charge in [-0.25, -0.2) is 0 Å².